The van der Waals surface area contributed by atoms with Gasteiger partial charge in [0.15, 0.2) is 0 Å². The summed E-state index contributed by atoms with van der Waals surface area (Å²) in [7, 11) is 0. The summed E-state index contributed by atoms with van der Waals surface area (Å²) in [5.41, 5.74) is 3.61. The van der Waals surface area contributed by atoms with E-state index in [1.54, 1.807) is 34.3 Å². The molecule has 0 bridgehead atoms. The van der Waals surface area contributed by atoms with Crippen LogP contribution in [0.25, 0.3) is 22.4 Å². The largest absolute Gasteiger partial charge is 0.444 e. The molecule has 4 heterocycles. The zero-order valence-electron chi connectivity index (χ0n) is 21.8. The normalized spacial score (nSPS) is 17.0. The van der Waals surface area contributed by atoms with E-state index in [0.29, 0.717) is 32.6 Å². The van der Waals surface area contributed by atoms with Crippen molar-refractivity contribution >= 4 is 12.0 Å². The maximum Gasteiger partial charge on any atom is 0.411 e. The molecule has 0 unspecified atom stereocenters. The highest BCUT2D eigenvalue weighted by Crippen LogP contribution is 2.36. The van der Waals surface area contributed by atoms with Crippen molar-refractivity contribution in [3.63, 3.8) is 0 Å². The number of hydrogen-bond donors (Lipinski definition) is 0. The fraction of sp³-hybridized carbons (Fsp3) is 0.379. The predicted molar refractivity (Wildman–Crippen MR) is 140 cm³/mol. The lowest BCUT2D eigenvalue weighted by atomic mass is 9.99. The van der Waals surface area contributed by atoms with E-state index in [1.165, 1.54) is 12.1 Å². The SMILES string of the molecule is CC(C)(C)OC(=O)N1CCC[C@@H]1C#CC(=O)N1CCn2nc(-c3ccc(F)cc3)c(-c3ccncc3)c2C1. The smallest absolute Gasteiger partial charge is 0.411 e. The molecule has 0 radical (unpaired) electrons. The molecule has 0 aliphatic carbocycles. The van der Waals surface area contributed by atoms with Crippen molar-refractivity contribution in [2.75, 3.05) is 13.1 Å². The lowest BCUT2D eigenvalue weighted by Gasteiger charge is -2.27. The minimum atomic E-state index is -0.594. The number of pyridine rings is 1. The highest BCUT2D eigenvalue weighted by atomic mass is 19.1. The van der Waals surface area contributed by atoms with Gasteiger partial charge in [0.2, 0.25) is 0 Å². The number of ether oxygens (including phenoxy) is 1. The molecule has 1 fully saturated rings. The Morgan fingerprint density at radius 1 is 1.03 bits per heavy atom. The van der Waals surface area contributed by atoms with Crippen LogP contribution in [-0.4, -0.2) is 61.3 Å². The second-order valence-corrected chi connectivity index (χ2v) is 10.5. The maximum atomic E-state index is 13.6. The average molecular weight is 516 g/mol. The molecule has 5 rings (SSSR count). The van der Waals surface area contributed by atoms with Crippen molar-refractivity contribution in [2.45, 2.75) is 58.3 Å². The lowest BCUT2D eigenvalue weighted by Crippen LogP contribution is -2.40. The van der Waals surface area contributed by atoms with Gasteiger partial charge in [-0.2, -0.15) is 5.10 Å². The Morgan fingerprint density at radius 3 is 2.47 bits per heavy atom. The molecular formula is C29H30FN5O3. The van der Waals surface area contributed by atoms with Crippen molar-refractivity contribution in [3.8, 4) is 34.2 Å². The molecule has 38 heavy (non-hydrogen) atoms. The van der Waals surface area contributed by atoms with Gasteiger partial charge < -0.3 is 9.64 Å². The summed E-state index contributed by atoms with van der Waals surface area (Å²) >= 11 is 0. The van der Waals surface area contributed by atoms with Gasteiger partial charge in [0.25, 0.3) is 5.91 Å². The van der Waals surface area contributed by atoms with Crippen LogP contribution < -0.4 is 0 Å². The van der Waals surface area contributed by atoms with E-state index in [9.17, 15) is 14.0 Å². The number of carbonyl (C=O) groups is 2. The molecule has 2 aliphatic rings. The Labute approximate surface area is 221 Å². The first kappa shape index (κ1) is 25.5. The Bertz CT molecular complexity index is 1400. The number of hydrogen-bond acceptors (Lipinski definition) is 5. The van der Waals surface area contributed by atoms with Crippen LogP contribution in [0.2, 0.25) is 0 Å². The first-order chi connectivity index (χ1) is 18.2. The number of likely N-dealkylation sites (tertiary alicyclic amines) is 1. The van der Waals surface area contributed by atoms with Gasteiger partial charge in [0.1, 0.15) is 17.1 Å². The summed E-state index contributed by atoms with van der Waals surface area (Å²) < 4.78 is 21.0. The number of halogens is 1. The Morgan fingerprint density at radius 2 is 1.76 bits per heavy atom. The number of rotatable bonds is 2. The molecule has 1 aromatic carbocycles. The molecule has 2 amide bonds. The van der Waals surface area contributed by atoms with Crippen LogP contribution in [0.15, 0.2) is 48.8 Å². The van der Waals surface area contributed by atoms with Crippen LogP contribution in [0.1, 0.15) is 39.3 Å². The topological polar surface area (TPSA) is 80.6 Å². The van der Waals surface area contributed by atoms with Gasteiger partial charge in [-0.25, -0.2) is 9.18 Å². The molecule has 0 N–H and O–H groups in total. The van der Waals surface area contributed by atoms with Crippen LogP contribution in [0.3, 0.4) is 0 Å². The summed E-state index contributed by atoms with van der Waals surface area (Å²) in [5, 5.41) is 4.83. The van der Waals surface area contributed by atoms with E-state index < -0.39 is 11.7 Å². The molecule has 8 nitrogen and oxygen atoms in total. The van der Waals surface area contributed by atoms with E-state index in [0.717, 1.165) is 34.5 Å². The summed E-state index contributed by atoms with van der Waals surface area (Å²) in [4.78, 5) is 33.2. The number of nitrogens with zero attached hydrogens (tertiary/aromatic N) is 5. The third kappa shape index (κ3) is 5.40. The fourth-order valence-corrected chi connectivity index (χ4v) is 4.80. The highest BCUT2D eigenvalue weighted by molar-refractivity contribution is 5.94. The quantitative estimate of drug-likeness (QED) is 0.470. The van der Waals surface area contributed by atoms with Gasteiger partial charge in [-0.1, -0.05) is 5.92 Å². The lowest BCUT2D eigenvalue weighted by molar-refractivity contribution is -0.126. The Hall–Kier alpha value is -4.19. The van der Waals surface area contributed by atoms with E-state index in [2.05, 4.69) is 16.8 Å². The summed E-state index contributed by atoms with van der Waals surface area (Å²) in [6, 6.07) is 9.70. The van der Waals surface area contributed by atoms with Crippen LogP contribution in [0, 0.1) is 17.7 Å². The second kappa shape index (κ2) is 10.3. The van der Waals surface area contributed by atoms with Gasteiger partial charge in [-0.15, -0.1) is 0 Å². The molecule has 0 saturated carbocycles. The Kier molecular flexibility index (Phi) is 6.89. The third-order valence-corrected chi connectivity index (χ3v) is 6.58. The van der Waals surface area contributed by atoms with Crippen LogP contribution in [0.5, 0.6) is 0 Å². The standard InChI is InChI=1S/C29H30FN5O3/c1-29(2,3)38-28(37)34-16-4-5-23(34)10-11-25(36)33-17-18-35-24(19-33)26(20-12-14-31-15-13-20)27(32-35)21-6-8-22(30)9-7-21/h6-9,12-15,23H,4-5,16-19H2,1-3H3/t23-/m1/s1. The van der Waals surface area contributed by atoms with Gasteiger partial charge in [-0.3, -0.25) is 19.4 Å². The van der Waals surface area contributed by atoms with Crippen molar-refractivity contribution in [1.82, 2.24) is 24.6 Å². The molecule has 1 saturated heterocycles. The van der Waals surface area contributed by atoms with Crippen molar-refractivity contribution in [1.29, 1.82) is 0 Å². The van der Waals surface area contributed by atoms with Crippen molar-refractivity contribution in [2.24, 2.45) is 0 Å². The minimum absolute atomic E-state index is 0.294. The fourth-order valence-electron chi connectivity index (χ4n) is 4.80. The summed E-state index contributed by atoms with van der Waals surface area (Å²) in [5.74, 6) is 5.19. The third-order valence-electron chi connectivity index (χ3n) is 6.58. The molecule has 196 valence electrons. The van der Waals surface area contributed by atoms with Gasteiger partial charge >= 0.3 is 6.09 Å². The number of carbonyl (C=O) groups excluding carboxylic acids is 2. The van der Waals surface area contributed by atoms with Crippen LogP contribution in [-0.2, 0) is 22.6 Å². The monoisotopic (exact) mass is 515 g/mol. The summed E-state index contributed by atoms with van der Waals surface area (Å²) in [6.07, 6.45) is 4.54. The average Bonchev–Trinajstić information content (AvgIpc) is 3.51. The minimum Gasteiger partial charge on any atom is -0.444 e. The van der Waals surface area contributed by atoms with E-state index in [4.69, 9.17) is 9.84 Å². The Balaban J connectivity index is 1.39. The zero-order valence-corrected chi connectivity index (χ0v) is 21.8. The first-order valence-corrected chi connectivity index (χ1v) is 12.8. The second-order valence-electron chi connectivity index (χ2n) is 10.5. The van der Waals surface area contributed by atoms with Gasteiger partial charge in [-0.05, 0) is 81.5 Å². The highest BCUT2D eigenvalue weighted by Gasteiger charge is 2.32. The predicted octanol–water partition coefficient (Wildman–Crippen LogP) is 4.50. The van der Waals surface area contributed by atoms with Crippen molar-refractivity contribution in [3.05, 3.63) is 60.3 Å². The van der Waals surface area contributed by atoms with E-state index in [-0.39, 0.29) is 17.8 Å². The number of aromatic nitrogens is 3. The number of fused-ring (bicyclic) bond motifs is 1. The van der Waals surface area contributed by atoms with Crippen molar-refractivity contribution < 1.29 is 18.7 Å². The van der Waals surface area contributed by atoms with Crippen LogP contribution in [0.4, 0.5) is 9.18 Å². The maximum absolute atomic E-state index is 13.6. The molecule has 9 heteroatoms. The molecule has 2 aliphatic heterocycles. The molecule has 3 aromatic rings. The summed E-state index contributed by atoms with van der Waals surface area (Å²) in [6.45, 7) is 7.35. The zero-order chi connectivity index (χ0) is 26.9. The molecule has 2 aromatic heterocycles. The number of benzene rings is 1. The number of amides is 2. The first-order valence-electron chi connectivity index (χ1n) is 12.8. The van der Waals surface area contributed by atoms with Gasteiger partial charge in [0.05, 0.1) is 24.8 Å². The molecule has 0 spiro atoms. The molecule has 1 atom stereocenters. The van der Waals surface area contributed by atoms with E-state index in [1.807, 2.05) is 37.6 Å². The molecular weight excluding hydrogens is 485 g/mol. The van der Waals surface area contributed by atoms with Crippen LogP contribution >= 0.6 is 0 Å². The van der Waals surface area contributed by atoms with E-state index >= 15 is 0 Å². The van der Waals surface area contributed by atoms with Gasteiger partial charge in [0, 0.05) is 36.6 Å².